The molecule has 0 heterocycles. The summed E-state index contributed by atoms with van der Waals surface area (Å²) in [5.41, 5.74) is 1.16. The van der Waals surface area contributed by atoms with Crippen molar-refractivity contribution < 1.29 is 14.3 Å². The predicted molar refractivity (Wildman–Crippen MR) is 79.7 cm³/mol. The van der Waals surface area contributed by atoms with Crippen LogP contribution >= 0.6 is 23.2 Å². The Bertz CT molecular complexity index is 507. The molecule has 1 aromatic carbocycles. The van der Waals surface area contributed by atoms with Crippen LogP contribution in [0.1, 0.15) is 12.0 Å². The molecule has 0 unspecified atom stereocenters. The van der Waals surface area contributed by atoms with Gasteiger partial charge in [0.15, 0.2) is 0 Å². The fourth-order valence-electron chi connectivity index (χ4n) is 1.46. The summed E-state index contributed by atoms with van der Waals surface area (Å²) >= 11 is 11.4. The number of ether oxygens (including phenoxy) is 1. The van der Waals surface area contributed by atoms with Gasteiger partial charge in [-0.25, -0.2) is 0 Å². The normalized spacial score (nSPS) is 10.0. The summed E-state index contributed by atoms with van der Waals surface area (Å²) in [6.45, 7) is 2.14. The molecule has 0 radical (unpaired) electrons. The van der Waals surface area contributed by atoms with Crippen LogP contribution in [0.15, 0.2) is 12.1 Å². The number of amides is 2. The van der Waals surface area contributed by atoms with Gasteiger partial charge in [0.05, 0.1) is 12.8 Å². The second-order valence-electron chi connectivity index (χ2n) is 4.05. The van der Waals surface area contributed by atoms with E-state index in [1.165, 1.54) is 7.11 Å². The van der Waals surface area contributed by atoms with Crippen molar-refractivity contribution in [3.63, 3.8) is 0 Å². The summed E-state index contributed by atoms with van der Waals surface area (Å²) in [5.74, 6) is -0.668. The molecule has 2 N–H and O–H groups in total. The molecule has 0 aliphatic heterocycles. The van der Waals surface area contributed by atoms with Crippen LogP contribution in [0.3, 0.4) is 0 Å². The van der Waals surface area contributed by atoms with Crippen LogP contribution in [0.25, 0.3) is 0 Å². The minimum Gasteiger partial charge on any atom is -0.495 e. The number of hydrogen-bond acceptors (Lipinski definition) is 3. The maximum absolute atomic E-state index is 11.7. The van der Waals surface area contributed by atoms with Crippen LogP contribution in [-0.2, 0) is 9.59 Å². The molecule has 0 bridgehead atoms. The smallest absolute Gasteiger partial charge is 0.313 e. The number of hydrogen-bond donors (Lipinski definition) is 2. The van der Waals surface area contributed by atoms with Gasteiger partial charge in [0, 0.05) is 23.5 Å². The number of alkyl halides is 1. The number of anilines is 1. The Hall–Kier alpha value is -1.46. The van der Waals surface area contributed by atoms with Crippen molar-refractivity contribution in [3.8, 4) is 5.75 Å². The van der Waals surface area contributed by atoms with E-state index in [-0.39, 0.29) is 0 Å². The van der Waals surface area contributed by atoms with Crippen LogP contribution in [-0.4, -0.2) is 31.3 Å². The highest BCUT2D eigenvalue weighted by Gasteiger charge is 2.16. The van der Waals surface area contributed by atoms with E-state index < -0.39 is 11.8 Å². The first kappa shape index (κ1) is 16.6. The molecule has 20 heavy (non-hydrogen) atoms. The highest BCUT2D eigenvalue weighted by atomic mass is 35.5. The van der Waals surface area contributed by atoms with Gasteiger partial charge < -0.3 is 15.4 Å². The maximum atomic E-state index is 11.7. The topological polar surface area (TPSA) is 67.4 Å². The molecule has 0 atom stereocenters. The average Bonchev–Trinajstić information content (AvgIpc) is 2.42. The molecule has 0 aliphatic rings. The number of methoxy groups -OCH3 is 1. The molecule has 0 aliphatic carbocycles. The molecule has 0 fully saturated rings. The quantitative estimate of drug-likeness (QED) is 0.497. The molecule has 110 valence electrons. The molecule has 0 saturated heterocycles. The summed E-state index contributed by atoms with van der Waals surface area (Å²) in [4.78, 5) is 23.3. The van der Waals surface area contributed by atoms with Crippen molar-refractivity contribution >= 4 is 40.7 Å². The van der Waals surface area contributed by atoms with Gasteiger partial charge in [-0.1, -0.05) is 11.6 Å². The van der Waals surface area contributed by atoms with Crippen molar-refractivity contribution in [2.75, 3.05) is 24.9 Å². The third kappa shape index (κ3) is 4.58. The zero-order valence-electron chi connectivity index (χ0n) is 11.3. The first-order valence-corrected chi connectivity index (χ1v) is 6.90. The highest BCUT2D eigenvalue weighted by molar-refractivity contribution is 6.40. The zero-order chi connectivity index (χ0) is 15.1. The average molecular weight is 319 g/mol. The highest BCUT2D eigenvalue weighted by Crippen LogP contribution is 2.30. The number of carbonyl (C=O) groups is 2. The number of nitrogens with one attached hydrogen (secondary N) is 2. The van der Waals surface area contributed by atoms with E-state index in [0.29, 0.717) is 35.3 Å². The van der Waals surface area contributed by atoms with E-state index in [0.717, 1.165) is 5.56 Å². The number of benzene rings is 1. The summed E-state index contributed by atoms with van der Waals surface area (Å²) in [6, 6.07) is 3.23. The first-order valence-electron chi connectivity index (χ1n) is 5.99. The van der Waals surface area contributed by atoms with Crippen molar-refractivity contribution in [3.05, 3.63) is 22.7 Å². The molecular formula is C13H16Cl2N2O3. The predicted octanol–water partition coefficient (Wildman–Crippen LogP) is 2.34. The van der Waals surface area contributed by atoms with Gasteiger partial charge in [0.2, 0.25) is 0 Å². The van der Waals surface area contributed by atoms with Gasteiger partial charge in [0.1, 0.15) is 5.75 Å². The Labute approximate surface area is 127 Å². The Balaban J connectivity index is 2.75. The van der Waals surface area contributed by atoms with Crippen molar-refractivity contribution in [1.82, 2.24) is 5.32 Å². The molecule has 0 spiro atoms. The summed E-state index contributed by atoms with van der Waals surface area (Å²) < 4.78 is 5.11. The van der Waals surface area contributed by atoms with Crippen molar-refractivity contribution in [1.29, 1.82) is 0 Å². The Morgan fingerprint density at radius 1 is 1.30 bits per heavy atom. The van der Waals surface area contributed by atoms with E-state index in [1.54, 1.807) is 19.1 Å². The lowest BCUT2D eigenvalue weighted by Crippen LogP contribution is -2.36. The van der Waals surface area contributed by atoms with Gasteiger partial charge in [-0.15, -0.1) is 11.6 Å². The van der Waals surface area contributed by atoms with Gasteiger partial charge in [-0.2, -0.15) is 0 Å². The summed E-state index contributed by atoms with van der Waals surface area (Å²) in [7, 11) is 1.46. The van der Waals surface area contributed by atoms with Crippen LogP contribution < -0.4 is 15.4 Å². The van der Waals surface area contributed by atoms with Crippen molar-refractivity contribution in [2.24, 2.45) is 0 Å². The summed E-state index contributed by atoms with van der Waals surface area (Å²) in [5, 5.41) is 5.47. The van der Waals surface area contributed by atoms with Gasteiger partial charge in [0.25, 0.3) is 0 Å². The van der Waals surface area contributed by atoms with Gasteiger partial charge in [-0.05, 0) is 25.0 Å². The third-order valence-corrected chi connectivity index (χ3v) is 3.21. The standard InChI is InChI=1S/C13H16Cl2N2O3/c1-8-6-10(11(20-2)7-9(8)15)17-13(19)12(18)16-5-3-4-14/h6-7H,3-5H2,1-2H3,(H,16,18)(H,17,19). The molecule has 7 heteroatoms. The SMILES string of the molecule is COc1cc(Cl)c(C)cc1NC(=O)C(=O)NCCCCl. The number of halogens is 2. The largest absolute Gasteiger partial charge is 0.495 e. The Morgan fingerprint density at radius 2 is 2.00 bits per heavy atom. The fourth-order valence-corrected chi connectivity index (χ4v) is 1.75. The molecule has 2 amide bonds. The lowest BCUT2D eigenvalue weighted by atomic mass is 10.2. The molecule has 5 nitrogen and oxygen atoms in total. The van der Waals surface area contributed by atoms with E-state index in [2.05, 4.69) is 10.6 Å². The van der Waals surface area contributed by atoms with E-state index in [4.69, 9.17) is 27.9 Å². The maximum Gasteiger partial charge on any atom is 0.313 e. The minimum atomic E-state index is -0.764. The van der Waals surface area contributed by atoms with Crippen LogP contribution in [0.2, 0.25) is 5.02 Å². The lowest BCUT2D eigenvalue weighted by Gasteiger charge is -2.12. The molecule has 0 aromatic heterocycles. The molecular weight excluding hydrogens is 303 g/mol. The third-order valence-electron chi connectivity index (χ3n) is 2.53. The van der Waals surface area contributed by atoms with Crippen LogP contribution in [0.4, 0.5) is 5.69 Å². The van der Waals surface area contributed by atoms with E-state index in [9.17, 15) is 9.59 Å². The molecule has 1 aromatic rings. The van der Waals surface area contributed by atoms with Gasteiger partial charge >= 0.3 is 11.8 Å². The van der Waals surface area contributed by atoms with Crippen LogP contribution in [0, 0.1) is 6.92 Å². The Kier molecular flexibility index (Phi) is 6.61. The monoisotopic (exact) mass is 318 g/mol. The zero-order valence-corrected chi connectivity index (χ0v) is 12.8. The Morgan fingerprint density at radius 3 is 2.60 bits per heavy atom. The fraction of sp³-hybridized carbons (Fsp3) is 0.385. The summed E-state index contributed by atoms with van der Waals surface area (Å²) in [6.07, 6.45) is 0.601. The number of aryl methyl sites for hydroxylation is 1. The second-order valence-corrected chi connectivity index (χ2v) is 4.84. The van der Waals surface area contributed by atoms with Crippen molar-refractivity contribution in [2.45, 2.75) is 13.3 Å². The van der Waals surface area contributed by atoms with E-state index >= 15 is 0 Å². The molecule has 1 rings (SSSR count). The number of rotatable bonds is 5. The lowest BCUT2D eigenvalue weighted by molar-refractivity contribution is -0.136. The van der Waals surface area contributed by atoms with E-state index in [1.807, 2.05) is 0 Å². The second kappa shape index (κ2) is 7.97. The first-order chi connectivity index (χ1) is 9.49. The van der Waals surface area contributed by atoms with Gasteiger partial charge in [-0.3, -0.25) is 9.59 Å². The molecule has 0 saturated carbocycles. The minimum absolute atomic E-state index is 0.354. The number of carbonyl (C=O) groups excluding carboxylic acids is 2. The van der Waals surface area contributed by atoms with Crippen LogP contribution in [0.5, 0.6) is 5.75 Å².